The number of rotatable bonds is 5. The third-order valence-corrected chi connectivity index (χ3v) is 15.1. The summed E-state index contributed by atoms with van der Waals surface area (Å²) < 4.78 is 7.65. The highest BCUT2D eigenvalue weighted by atomic mass is 16.3. The fraction of sp³-hybridized carbons (Fsp3) is 0.270. The maximum Gasteiger partial charge on any atom is 0.297 e. The fourth-order valence-corrected chi connectivity index (χ4v) is 11.2. The van der Waals surface area contributed by atoms with Crippen molar-refractivity contribution in [1.82, 2.24) is 0 Å². The lowest BCUT2D eigenvalue weighted by Crippen LogP contribution is -2.61. The molecule has 334 valence electrons. The van der Waals surface area contributed by atoms with Gasteiger partial charge in [0.1, 0.15) is 5.76 Å². The van der Waals surface area contributed by atoms with Gasteiger partial charge >= 0.3 is 0 Å². The van der Waals surface area contributed by atoms with E-state index in [0.717, 1.165) is 35.6 Å². The van der Waals surface area contributed by atoms with Crippen molar-refractivity contribution in [1.29, 1.82) is 0 Å². The average Bonchev–Trinajstić information content (AvgIpc) is 3.73. The average molecular weight is 875 g/mol. The summed E-state index contributed by atoms with van der Waals surface area (Å²) in [6.45, 7) is 25.6. The second-order valence-corrected chi connectivity index (χ2v) is 23.0. The van der Waals surface area contributed by atoms with Crippen LogP contribution in [0.2, 0.25) is 0 Å². The predicted molar refractivity (Wildman–Crippen MR) is 286 cm³/mol. The molecule has 3 nitrogen and oxygen atoms in total. The first kappa shape index (κ1) is 43.1. The topological polar surface area (TPSA) is 19.6 Å². The summed E-state index contributed by atoms with van der Waals surface area (Å²) >= 11 is 0. The Balaban J connectivity index is 1.24. The zero-order valence-corrected chi connectivity index (χ0v) is 41.3. The van der Waals surface area contributed by atoms with Crippen molar-refractivity contribution in [3.05, 3.63) is 186 Å². The van der Waals surface area contributed by atoms with Gasteiger partial charge in [-0.25, -0.2) is 0 Å². The van der Waals surface area contributed by atoms with Gasteiger partial charge in [0.2, 0.25) is 0 Å². The number of anilines is 6. The van der Waals surface area contributed by atoms with Crippen LogP contribution < -0.4 is 26.4 Å². The smallest absolute Gasteiger partial charge is 0.297 e. The maximum absolute atomic E-state index is 7.65. The van der Waals surface area contributed by atoms with E-state index in [2.05, 4.69) is 244 Å². The number of benzene rings is 7. The Hall–Kier alpha value is -6.52. The van der Waals surface area contributed by atoms with Gasteiger partial charge in [0.15, 0.2) is 0 Å². The van der Waals surface area contributed by atoms with E-state index in [4.69, 9.17) is 4.42 Å². The first-order valence-corrected chi connectivity index (χ1v) is 24.4. The number of furan rings is 1. The van der Waals surface area contributed by atoms with Gasteiger partial charge in [-0.3, -0.25) is 0 Å². The first-order chi connectivity index (χ1) is 31.9. The summed E-state index contributed by atoms with van der Waals surface area (Å²) in [6.07, 6.45) is 2.17. The lowest BCUT2D eigenvalue weighted by molar-refractivity contribution is 0.282. The lowest BCUT2D eigenvalue weighted by atomic mass is 9.35. The normalized spacial score (nSPS) is 15.7. The molecule has 0 amide bonds. The summed E-state index contributed by atoms with van der Waals surface area (Å²) in [5.41, 5.74) is 22.9. The van der Waals surface area contributed by atoms with Gasteiger partial charge in [-0.2, -0.15) is 0 Å². The molecule has 1 aliphatic carbocycles. The molecule has 4 heteroatoms. The molecule has 0 spiro atoms. The van der Waals surface area contributed by atoms with E-state index in [-0.39, 0.29) is 28.4 Å². The third-order valence-electron chi connectivity index (χ3n) is 15.1. The molecule has 0 saturated heterocycles. The Kier molecular flexibility index (Phi) is 9.81. The van der Waals surface area contributed by atoms with Crippen molar-refractivity contribution in [3.63, 3.8) is 0 Å². The molecule has 0 bridgehead atoms. The van der Waals surface area contributed by atoms with Crippen LogP contribution in [-0.2, 0) is 21.7 Å². The van der Waals surface area contributed by atoms with Gasteiger partial charge in [-0.15, -0.1) is 0 Å². The van der Waals surface area contributed by atoms with Gasteiger partial charge in [0.05, 0.1) is 11.3 Å². The van der Waals surface area contributed by atoms with Gasteiger partial charge in [-0.05, 0) is 146 Å². The largest absolute Gasteiger partial charge is 0.472 e. The minimum atomic E-state index is -0.130. The summed E-state index contributed by atoms with van der Waals surface area (Å²) in [7, 11) is 0. The molecule has 0 unspecified atom stereocenters. The highest BCUT2D eigenvalue weighted by Crippen LogP contribution is 2.55. The Morgan fingerprint density at radius 1 is 0.478 bits per heavy atom. The zero-order valence-electron chi connectivity index (χ0n) is 41.3. The molecule has 11 rings (SSSR count). The number of hydrogen-bond acceptors (Lipinski definition) is 3. The molecule has 67 heavy (non-hydrogen) atoms. The van der Waals surface area contributed by atoms with Crippen molar-refractivity contribution in [2.45, 2.75) is 111 Å². The maximum atomic E-state index is 7.65. The Morgan fingerprint density at radius 2 is 1.04 bits per heavy atom. The van der Waals surface area contributed by atoms with Crippen LogP contribution in [0, 0.1) is 6.92 Å². The molecule has 1 aromatic heterocycles. The van der Waals surface area contributed by atoms with Crippen LogP contribution in [0.5, 0.6) is 0 Å². The van der Waals surface area contributed by atoms with Crippen molar-refractivity contribution < 1.29 is 4.42 Å². The molecule has 0 atom stereocenters. The minimum Gasteiger partial charge on any atom is -0.472 e. The molecular weight excluding hydrogens is 812 g/mol. The molecule has 3 aliphatic rings. The first-order valence-electron chi connectivity index (χ1n) is 24.4. The Morgan fingerprint density at radius 3 is 1.66 bits per heavy atom. The van der Waals surface area contributed by atoms with E-state index in [1.54, 1.807) is 0 Å². The van der Waals surface area contributed by atoms with Gasteiger partial charge in [0, 0.05) is 39.4 Å². The van der Waals surface area contributed by atoms with Crippen molar-refractivity contribution in [2.75, 3.05) is 9.80 Å². The molecule has 8 aromatic rings. The van der Waals surface area contributed by atoms with Crippen molar-refractivity contribution in [2.24, 2.45) is 0 Å². The molecule has 0 radical (unpaired) electrons. The molecule has 0 saturated carbocycles. The Labute approximate surface area is 399 Å². The fourth-order valence-electron chi connectivity index (χ4n) is 11.2. The molecule has 7 aromatic carbocycles. The van der Waals surface area contributed by atoms with Crippen LogP contribution in [0.3, 0.4) is 0 Å². The van der Waals surface area contributed by atoms with Crippen LogP contribution in [0.15, 0.2) is 162 Å². The SMILES string of the molecule is Cc1cc2c3c(c1)N(c1ccc(C(C)(C)C)cc1)c1c(oc4c1C(C)(C)CCC4(C)C)B3c1ccc(-c3cccc(C(C)(C)C)c3)cc1N2c1cc(-c2ccccc2)cc(-c2ccccc2)c1. The monoisotopic (exact) mass is 875 g/mol. The molecule has 0 fully saturated rings. The van der Waals surface area contributed by atoms with Crippen LogP contribution in [0.4, 0.5) is 34.1 Å². The highest BCUT2D eigenvalue weighted by molar-refractivity contribution is 6.99. The van der Waals surface area contributed by atoms with Gasteiger partial charge < -0.3 is 14.2 Å². The standard InChI is InChI=1S/C63H63BN2O/c1-40-33-53-56-54(34-40)66(49-28-26-47(27-29-49)60(2,3)4)57-55-58(63(10,11)32-31-62(55,8)9)67-59(57)64(56)51-30-25-44(43-23-18-24-48(36-43)61(5,6)7)39-52(51)65(53)50-37-45(41-19-14-12-15-20-41)35-46(38-50)42-21-16-13-17-22-42/h12-30,33-39H,31-32H2,1-11H3. The van der Waals surface area contributed by atoms with Crippen molar-refractivity contribution >= 4 is 57.4 Å². The zero-order chi connectivity index (χ0) is 46.8. The molecule has 2 aliphatic heterocycles. The van der Waals surface area contributed by atoms with Crippen molar-refractivity contribution in [3.8, 4) is 33.4 Å². The summed E-state index contributed by atoms with van der Waals surface area (Å²) in [5, 5.41) is 0. The highest BCUT2D eigenvalue weighted by Gasteiger charge is 2.52. The summed E-state index contributed by atoms with van der Waals surface area (Å²) in [5.74, 6) is 1.14. The minimum absolute atomic E-state index is 0.0201. The Bertz CT molecular complexity index is 3160. The predicted octanol–water partition coefficient (Wildman–Crippen LogP) is 15.6. The quantitative estimate of drug-likeness (QED) is 0.161. The van der Waals surface area contributed by atoms with E-state index in [0.29, 0.717) is 0 Å². The molecule has 3 heterocycles. The van der Waals surface area contributed by atoms with E-state index in [9.17, 15) is 0 Å². The number of fused-ring (bicyclic) bond motifs is 6. The summed E-state index contributed by atoms with van der Waals surface area (Å²) in [6, 6.07) is 59.5. The molecular formula is C63H63BN2O. The third kappa shape index (κ3) is 7.18. The van der Waals surface area contributed by atoms with E-state index < -0.39 is 0 Å². The number of nitrogens with zero attached hydrogens (tertiary/aromatic N) is 2. The number of hydrogen-bond donors (Lipinski definition) is 0. The van der Waals surface area contributed by atoms with Gasteiger partial charge in [0.25, 0.3) is 6.71 Å². The van der Waals surface area contributed by atoms with Crippen LogP contribution in [0.25, 0.3) is 33.4 Å². The second kappa shape index (κ2) is 15.3. The second-order valence-electron chi connectivity index (χ2n) is 23.0. The molecule has 0 N–H and O–H groups in total. The van der Waals surface area contributed by atoms with Gasteiger partial charge in [-0.1, -0.05) is 178 Å². The van der Waals surface area contributed by atoms with E-state index in [1.807, 2.05) is 0 Å². The van der Waals surface area contributed by atoms with E-state index >= 15 is 0 Å². The summed E-state index contributed by atoms with van der Waals surface area (Å²) in [4.78, 5) is 5.16. The van der Waals surface area contributed by atoms with Crippen LogP contribution in [-0.4, -0.2) is 6.71 Å². The van der Waals surface area contributed by atoms with Crippen LogP contribution in [0.1, 0.15) is 110 Å². The van der Waals surface area contributed by atoms with Crippen LogP contribution >= 0.6 is 0 Å². The van der Waals surface area contributed by atoms with E-state index in [1.165, 1.54) is 89.3 Å². The lowest BCUT2D eigenvalue weighted by Gasteiger charge is -2.44. The number of aryl methyl sites for hydroxylation is 1.